The van der Waals surface area contributed by atoms with Crippen LogP contribution in [0, 0.1) is 6.92 Å². The zero-order valence-electron chi connectivity index (χ0n) is 19.1. The van der Waals surface area contributed by atoms with Gasteiger partial charge in [0.1, 0.15) is 11.4 Å². The Morgan fingerprint density at radius 2 is 2.21 bits per heavy atom. The van der Waals surface area contributed by atoms with Crippen LogP contribution in [0.15, 0.2) is 71.8 Å². The molecule has 0 bridgehead atoms. The number of benzene rings is 1. The highest BCUT2D eigenvalue weighted by Crippen LogP contribution is 2.35. The third-order valence-corrected chi connectivity index (χ3v) is 6.75. The number of rotatable bonds is 6. The summed E-state index contributed by atoms with van der Waals surface area (Å²) in [4.78, 5) is 12.1. The smallest absolute Gasteiger partial charge is 0.267 e. The Bertz CT molecular complexity index is 1290. The van der Waals surface area contributed by atoms with Crippen molar-refractivity contribution in [3.05, 3.63) is 88.5 Å². The lowest BCUT2D eigenvalue weighted by Crippen LogP contribution is -2.31. The lowest BCUT2D eigenvalue weighted by Gasteiger charge is -2.28. The minimum Gasteiger partial charge on any atom is -0.376 e. The maximum absolute atomic E-state index is 12.1. The van der Waals surface area contributed by atoms with Gasteiger partial charge >= 0.3 is 0 Å². The molecule has 0 aliphatic carbocycles. The molecule has 2 aromatic rings. The van der Waals surface area contributed by atoms with Gasteiger partial charge in [0.05, 0.1) is 17.5 Å². The van der Waals surface area contributed by atoms with Crippen LogP contribution in [0.1, 0.15) is 36.1 Å². The second kappa shape index (κ2) is 9.12. The van der Waals surface area contributed by atoms with Gasteiger partial charge in [-0.3, -0.25) is 4.79 Å². The van der Waals surface area contributed by atoms with Gasteiger partial charge in [-0.25, -0.2) is 5.01 Å². The average molecular weight is 475 g/mol. The van der Waals surface area contributed by atoms with E-state index in [1.165, 1.54) is 0 Å². The van der Waals surface area contributed by atoms with Crippen molar-refractivity contribution in [2.24, 2.45) is 10.8 Å². The summed E-state index contributed by atoms with van der Waals surface area (Å²) in [5, 5.41) is 7.16. The van der Waals surface area contributed by atoms with Crippen LogP contribution in [-0.2, 0) is 16.1 Å². The van der Waals surface area contributed by atoms with Crippen molar-refractivity contribution in [1.82, 2.24) is 9.58 Å². The van der Waals surface area contributed by atoms with Gasteiger partial charge < -0.3 is 15.0 Å². The van der Waals surface area contributed by atoms with E-state index in [1.807, 2.05) is 30.4 Å². The first-order valence-corrected chi connectivity index (χ1v) is 11.8. The van der Waals surface area contributed by atoms with E-state index in [0.717, 1.165) is 65.3 Å². The molecule has 1 fully saturated rings. The molecule has 1 aromatic carbocycles. The first-order valence-electron chi connectivity index (χ1n) is 11.5. The molecule has 6 nitrogen and oxygen atoms in total. The van der Waals surface area contributed by atoms with Crippen LogP contribution in [0.4, 0.5) is 0 Å². The number of aryl methyl sites for hydroxylation is 1. The summed E-state index contributed by atoms with van der Waals surface area (Å²) in [7, 11) is 0. The van der Waals surface area contributed by atoms with E-state index in [0.29, 0.717) is 17.1 Å². The first-order chi connectivity index (χ1) is 16.5. The molecule has 1 saturated heterocycles. The van der Waals surface area contributed by atoms with Gasteiger partial charge in [0.15, 0.2) is 0 Å². The Morgan fingerprint density at radius 1 is 1.35 bits per heavy atom. The molecule has 3 aliphatic heterocycles. The Morgan fingerprint density at radius 3 is 2.91 bits per heavy atom. The van der Waals surface area contributed by atoms with Gasteiger partial charge in [-0.05, 0) is 67.2 Å². The van der Waals surface area contributed by atoms with Crippen molar-refractivity contribution in [1.29, 1.82) is 0 Å². The second-order valence-electron chi connectivity index (χ2n) is 8.71. The number of halogens is 1. The van der Waals surface area contributed by atoms with Crippen molar-refractivity contribution in [2.75, 3.05) is 6.61 Å². The fraction of sp³-hybridized carbons (Fsp3) is 0.259. The molecule has 1 atom stereocenters. The number of amides is 1. The molecule has 4 heterocycles. The number of fused-ring (bicyclic) bond motifs is 1. The van der Waals surface area contributed by atoms with Crippen LogP contribution in [0.25, 0.3) is 17.2 Å². The largest absolute Gasteiger partial charge is 0.376 e. The summed E-state index contributed by atoms with van der Waals surface area (Å²) in [6, 6.07) is 6.00. The van der Waals surface area contributed by atoms with Crippen LogP contribution >= 0.6 is 11.6 Å². The van der Waals surface area contributed by atoms with E-state index < -0.39 is 5.91 Å². The SMILES string of the molecule is C=Cc1ccc(-c2c(C)cn(C[C@@H]3CCCO3)c2C2=NN3C(=CCC=C3C(N)=O)C=C2)cc1Cl. The predicted octanol–water partition coefficient (Wildman–Crippen LogP) is 5.17. The van der Waals surface area contributed by atoms with E-state index >= 15 is 0 Å². The topological polar surface area (TPSA) is 72.8 Å². The van der Waals surface area contributed by atoms with Crippen LogP contribution in [0.5, 0.6) is 0 Å². The number of aromatic nitrogens is 1. The molecule has 5 rings (SSSR count). The fourth-order valence-electron chi connectivity index (χ4n) is 4.82. The molecule has 34 heavy (non-hydrogen) atoms. The normalized spacial score (nSPS) is 19.4. The minimum atomic E-state index is -0.498. The average Bonchev–Trinajstić information content (AvgIpc) is 3.45. The number of hydrazone groups is 1. The Hall–Kier alpha value is -3.35. The lowest BCUT2D eigenvalue weighted by atomic mass is 9.98. The molecule has 0 spiro atoms. The summed E-state index contributed by atoms with van der Waals surface area (Å²) in [6.45, 7) is 7.45. The number of carbonyl (C=O) groups excluding carboxylic acids is 1. The maximum Gasteiger partial charge on any atom is 0.267 e. The van der Waals surface area contributed by atoms with Crippen molar-refractivity contribution >= 4 is 29.3 Å². The molecule has 0 radical (unpaired) electrons. The highest BCUT2D eigenvalue weighted by molar-refractivity contribution is 6.32. The number of hydrogen-bond donors (Lipinski definition) is 1. The molecule has 2 N–H and O–H groups in total. The quantitative estimate of drug-likeness (QED) is 0.627. The molecular formula is C27H27ClN4O2. The molecule has 1 amide bonds. The molecule has 174 valence electrons. The number of ether oxygens (including phenoxy) is 1. The molecule has 1 aromatic heterocycles. The third kappa shape index (κ3) is 4.04. The minimum absolute atomic E-state index is 0.157. The van der Waals surface area contributed by atoms with Crippen LogP contribution < -0.4 is 5.73 Å². The van der Waals surface area contributed by atoms with Gasteiger partial charge in [0, 0.05) is 29.9 Å². The number of hydrogen-bond acceptors (Lipinski definition) is 4. The number of primary amides is 1. The number of nitrogens with zero attached hydrogens (tertiary/aromatic N) is 3. The van der Waals surface area contributed by atoms with Crippen molar-refractivity contribution < 1.29 is 9.53 Å². The van der Waals surface area contributed by atoms with E-state index in [-0.39, 0.29) is 6.10 Å². The van der Waals surface area contributed by atoms with Gasteiger partial charge in [-0.15, -0.1) is 0 Å². The Labute approximate surface area is 204 Å². The molecular weight excluding hydrogens is 448 g/mol. The van der Waals surface area contributed by atoms with Crippen molar-refractivity contribution in [3.63, 3.8) is 0 Å². The molecule has 0 unspecified atom stereocenters. The highest BCUT2D eigenvalue weighted by atomic mass is 35.5. The summed E-state index contributed by atoms with van der Waals surface area (Å²) < 4.78 is 8.15. The van der Waals surface area contributed by atoms with E-state index in [1.54, 1.807) is 17.2 Å². The van der Waals surface area contributed by atoms with E-state index in [9.17, 15) is 4.79 Å². The van der Waals surface area contributed by atoms with Crippen LogP contribution in [0.2, 0.25) is 5.02 Å². The fourth-order valence-corrected chi connectivity index (χ4v) is 5.08. The first kappa shape index (κ1) is 22.4. The van der Waals surface area contributed by atoms with Gasteiger partial charge in [-0.2, -0.15) is 5.10 Å². The predicted molar refractivity (Wildman–Crippen MR) is 136 cm³/mol. The maximum atomic E-state index is 12.1. The second-order valence-corrected chi connectivity index (χ2v) is 9.12. The summed E-state index contributed by atoms with van der Waals surface area (Å²) in [5.74, 6) is -0.498. The van der Waals surface area contributed by atoms with Crippen molar-refractivity contribution in [2.45, 2.75) is 38.8 Å². The van der Waals surface area contributed by atoms with Gasteiger partial charge in [0.25, 0.3) is 5.91 Å². The summed E-state index contributed by atoms with van der Waals surface area (Å²) >= 11 is 6.54. The number of nitrogens with two attached hydrogens (primary N) is 1. The number of carbonyl (C=O) groups is 1. The Balaban J connectivity index is 1.66. The molecule has 3 aliphatic rings. The van der Waals surface area contributed by atoms with E-state index in [2.05, 4.69) is 30.3 Å². The molecule has 0 saturated carbocycles. The standard InChI is InChI=1S/C27H27ClN4O2/c1-3-18-9-10-19(14-22(18)28)25-17(2)15-31(16-21-7-5-13-34-21)26(25)23-12-11-20-6-4-8-24(27(29)33)32(20)30-23/h3,6,8-12,14-15,21H,1,4-5,7,13,16H2,2H3,(H2,29,33)/t21-/m0/s1. The monoisotopic (exact) mass is 474 g/mol. The van der Waals surface area contributed by atoms with Gasteiger partial charge in [0.2, 0.25) is 0 Å². The van der Waals surface area contributed by atoms with Gasteiger partial charge in [-0.1, -0.05) is 42.5 Å². The number of allylic oxidation sites excluding steroid dienone is 4. The molecule has 7 heteroatoms. The zero-order chi connectivity index (χ0) is 23.8. The Kier molecular flexibility index (Phi) is 6.02. The lowest BCUT2D eigenvalue weighted by molar-refractivity contribution is -0.115. The van der Waals surface area contributed by atoms with Crippen molar-refractivity contribution in [3.8, 4) is 11.1 Å². The van der Waals surface area contributed by atoms with Crippen LogP contribution in [0.3, 0.4) is 0 Å². The van der Waals surface area contributed by atoms with E-state index in [4.69, 9.17) is 27.2 Å². The highest BCUT2D eigenvalue weighted by Gasteiger charge is 2.28. The third-order valence-electron chi connectivity index (χ3n) is 6.43. The summed E-state index contributed by atoms with van der Waals surface area (Å²) in [5.41, 5.74) is 12.6. The van der Waals surface area contributed by atoms with Crippen LogP contribution in [-0.4, -0.2) is 33.9 Å². The summed E-state index contributed by atoms with van der Waals surface area (Å²) in [6.07, 6.45) is 14.6. The zero-order valence-corrected chi connectivity index (χ0v) is 19.9.